The lowest BCUT2D eigenvalue weighted by Gasteiger charge is -2.43. The number of aromatic nitrogens is 2. The van der Waals surface area contributed by atoms with Crippen LogP contribution in [0.15, 0.2) is 0 Å². The Morgan fingerprint density at radius 3 is 2.96 bits per heavy atom. The van der Waals surface area contributed by atoms with Crippen LogP contribution in [0, 0.1) is 0 Å². The van der Waals surface area contributed by atoms with Crippen molar-refractivity contribution >= 4 is 23.5 Å². The zero-order chi connectivity index (χ0) is 19.8. The Morgan fingerprint density at radius 1 is 1.36 bits per heavy atom. The van der Waals surface area contributed by atoms with Gasteiger partial charge < -0.3 is 26.6 Å². The number of nitrogens with zero attached hydrogens (tertiary/aromatic N) is 4. The number of halogens is 1. The molecule has 2 saturated heterocycles. The van der Waals surface area contributed by atoms with Crippen molar-refractivity contribution in [1.82, 2.24) is 30.2 Å². The van der Waals surface area contributed by atoms with E-state index in [9.17, 15) is 14.0 Å². The third-order valence-electron chi connectivity index (χ3n) is 5.79. The quantitative estimate of drug-likeness (QED) is 0.491. The summed E-state index contributed by atoms with van der Waals surface area (Å²) in [5.74, 6) is 0.306. The van der Waals surface area contributed by atoms with Gasteiger partial charge in [-0.3, -0.25) is 14.5 Å². The molecular weight excluding hydrogens is 367 g/mol. The number of piperidine rings is 1. The molecule has 0 spiro atoms. The van der Waals surface area contributed by atoms with Crippen molar-refractivity contribution in [2.45, 2.75) is 31.2 Å². The Kier molecular flexibility index (Phi) is 5.11. The second-order valence-corrected chi connectivity index (χ2v) is 7.70. The van der Waals surface area contributed by atoms with Crippen LogP contribution in [0.5, 0.6) is 0 Å². The molecule has 11 heteroatoms. The molecule has 28 heavy (non-hydrogen) atoms. The highest BCUT2D eigenvalue weighted by Crippen LogP contribution is 2.26. The molecule has 1 aromatic heterocycles. The maximum absolute atomic E-state index is 13.6. The van der Waals surface area contributed by atoms with E-state index in [1.807, 2.05) is 7.05 Å². The van der Waals surface area contributed by atoms with Gasteiger partial charge in [0, 0.05) is 39.3 Å². The highest BCUT2D eigenvalue weighted by Gasteiger charge is 2.36. The first-order chi connectivity index (χ1) is 13.4. The number of nitrogens with one attached hydrogen (secondary N) is 3. The van der Waals surface area contributed by atoms with Crippen molar-refractivity contribution in [3.05, 3.63) is 5.56 Å². The molecule has 3 unspecified atom stereocenters. The number of amides is 2. The van der Waals surface area contributed by atoms with Crippen LogP contribution >= 0.6 is 0 Å². The second-order valence-electron chi connectivity index (χ2n) is 7.70. The summed E-state index contributed by atoms with van der Waals surface area (Å²) in [5.41, 5.74) is 6.21. The summed E-state index contributed by atoms with van der Waals surface area (Å²) in [7, 11) is 1.81. The normalized spacial score (nSPS) is 28.6. The Labute approximate surface area is 162 Å². The summed E-state index contributed by atoms with van der Waals surface area (Å²) < 4.78 is 15.0. The monoisotopic (exact) mass is 394 g/mol. The van der Waals surface area contributed by atoms with Crippen LogP contribution in [-0.2, 0) is 11.3 Å². The Morgan fingerprint density at radius 2 is 2.18 bits per heavy atom. The third kappa shape index (κ3) is 3.51. The molecule has 4 rings (SSSR count). The van der Waals surface area contributed by atoms with Gasteiger partial charge in [-0.2, -0.15) is 5.10 Å². The molecule has 3 aliphatic heterocycles. The number of hydrogen-bond donors (Lipinski definition) is 4. The van der Waals surface area contributed by atoms with Crippen LogP contribution in [-0.4, -0.2) is 96.0 Å². The Balaban J connectivity index is 1.49. The van der Waals surface area contributed by atoms with Crippen LogP contribution in [0.2, 0.25) is 0 Å². The number of alkyl halides is 1. The molecule has 1 aromatic rings. The van der Waals surface area contributed by atoms with Gasteiger partial charge in [0.1, 0.15) is 17.6 Å². The number of likely N-dealkylation sites (N-methyl/N-ethyl adjacent to an activating group) is 1. The first-order valence-electron chi connectivity index (χ1n) is 9.68. The molecular formula is C17H27FN8O2. The van der Waals surface area contributed by atoms with Crippen molar-refractivity contribution in [2.24, 2.45) is 0 Å². The van der Waals surface area contributed by atoms with Gasteiger partial charge in [0.2, 0.25) is 5.91 Å². The average Bonchev–Trinajstić information content (AvgIpc) is 2.99. The lowest BCUT2D eigenvalue weighted by molar-refractivity contribution is -0.135. The molecule has 10 nitrogen and oxygen atoms in total. The number of anilines is 2. The summed E-state index contributed by atoms with van der Waals surface area (Å²) in [6.07, 6.45) is -0.227. The number of nitrogen functional groups attached to an aromatic ring is 1. The molecule has 0 aromatic carbocycles. The zero-order valence-electron chi connectivity index (χ0n) is 15.9. The minimum Gasteiger partial charge on any atom is -0.381 e. The fourth-order valence-electron chi connectivity index (χ4n) is 4.20. The van der Waals surface area contributed by atoms with Gasteiger partial charge in [-0.25, -0.2) is 9.07 Å². The molecule has 0 saturated carbocycles. The molecule has 5 N–H and O–H groups in total. The molecule has 154 valence electrons. The number of nitrogens with two attached hydrogens (primary N) is 1. The van der Waals surface area contributed by atoms with Crippen molar-refractivity contribution in [1.29, 1.82) is 0 Å². The second kappa shape index (κ2) is 7.55. The van der Waals surface area contributed by atoms with E-state index < -0.39 is 6.17 Å². The standard InChI is InChI=1S/C17H27FN8O2/c1-24-4-5-25(9-13(24)27)12-2-3-20-7-11(12)22-17(28)14-15(19)23-26-8-10(18)6-21-16(14)26/h10-12,20-21H,2-9H2,1H3,(H2,19,23)(H,22,28). The number of piperazine rings is 1. The summed E-state index contributed by atoms with van der Waals surface area (Å²) in [6.45, 7) is 3.48. The predicted octanol–water partition coefficient (Wildman–Crippen LogP) is -1.54. The molecule has 4 heterocycles. The van der Waals surface area contributed by atoms with Crippen molar-refractivity contribution in [3.8, 4) is 0 Å². The molecule has 0 radical (unpaired) electrons. The number of carbonyl (C=O) groups is 2. The lowest BCUT2D eigenvalue weighted by Crippen LogP contribution is -2.63. The number of carbonyl (C=O) groups excluding carboxylic acids is 2. The summed E-state index contributed by atoms with van der Waals surface area (Å²) in [5, 5.41) is 13.4. The van der Waals surface area contributed by atoms with E-state index in [0.717, 1.165) is 19.5 Å². The molecule has 3 aliphatic rings. The van der Waals surface area contributed by atoms with E-state index in [4.69, 9.17) is 5.73 Å². The van der Waals surface area contributed by atoms with Crippen LogP contribution in [0.4, 0.5) is 16.0 Å². The third-order valence-corrected chi connectivity index (χ3v) is 5.79. The molecule has 0 bridgehead atoms. The Bertz CT molecular complexity index is 769. The maximum atomic E-state index is 13.6. The Hall–Kier alpha value is -2.40. The van der Waals surface area contributed by atoms with E-state index in [0.29, 0.717) is 25.5 Å². The van der Waals surface area contributed by atoms with E-state index in [-0.39, 0.29) is 48.4 Å². The molecule has 2 fully saturated rings. The minimum atomic E-state index is -1.07. The van der Waals surface area contributed by atoms with Gasteiger partial charge in [0.15, 0.2) is 5.82 Å². The topological polar surface area (TPSA) is 121 Å². The highest BCUT2D eigenvalue weighted by molar-refractivity contribution is 6.03. The van der Waals surface area contributed by atoms with Gasteiger partial charge in [0.25, 0.3) is 5.91 Å². The summed E-state index contributed by atoms with van der Waals surface area (Å²) in [6, 6.07) is -0.0939. The molecule has 0 aliphatic carbocycles. The van der Waals surface area contributed by atoms with E-state index in [1.165, 1.54) is 4.68 Å². The van der Waals surface area contributed by atoms with E-state index in [1.54, 1.807) is 4.90 Å². The first kappa shape index (κ1) is 18.9. The van der Waals surface area contributed by atoms with Crippen LogP contribution in [0.1, 0.15) is 16.8 Å². The number of rotatable bonds is 3. The predicted molar refractivity (Wildman–Crippen MR) is 102 cm³/mol. The van der Waals surface area contributed by atoms with Crippen LogP contribution in [0.3, 0.4) is 0 Å². The van der Waals surface area contributed by atoms with E-state index in [2.05, 4.69) is 25.9 Å². The fourth-order valence-corrected chi connectivity index (χ4v) is 4.20. The molecule has 3 atom stereocenters. The smallest absolute Gasteiger partial charge is 0.259 e. The van der Waals surface area contributed by atoms with Gasteiger partial charge in [-0.15, -0.1) is 0 Å². The fraction of sp³-hybridized carbons (Fsp3) is 0.706. The SMILES string of the molecule is CN1CCN(C2CCNCC2NC(=O)c2c(N)nn3c2NCC(F)C3)CC1=O. The molecule has 2 amide bonds. The van der Waals surface area contributed by atoms with Gasteiger partial charge in [-0.05, 0) is 13.0 Å². The van der Waals surface area contributed by atoms with Crippen molar-refractivity contribution in [3.63, 3.8) is 0 Å². The number of fused-ring (bicyclic) bond motifs is 1. The summed E-state index contributed by atoms with van der Waals surface area (Å²) >= 11 is 0. The highest BCUT2D eigenvalue weighted by atomic mass is 19.1. The van der Waals surface area contributed by atoms with Gasteiger partial charge >= 0.3 is 0 Å². The average molecular weight is 394 g/mol. The largest absolute Gasteiger partial charge is 0.381 e. The van der Waals surface area contributed by atoms with Crippen LogP contribution in [0.25, 0.3) is 0 Å². The van der Waals surface area contributed by atoms with Crippen molar-refractivity contribution in [2.75, 3.05) is 57.4 Å². The minimum absolute atomic E-state index is 0.0682. The van der Waals surface area contributed by atoms with E-state index >= 15 is 0 Å². The first-order valence-corrected chi connectivity index (χ1v) is 9.68. The maximum Gasteiger partial charge on any atom is 0.259 e. The van der Waals surface area contributed by atoms with Gasteiger partial charge in [0.05, 0.1) is 19.1 Å². The van der Waals surface area contributed by atoms with Crippen LogP contribution < -0.4 is 21.7 Å². The summed E-state index contributed by atoms with van der Waals surface area (Å²) in [4.78, 5) is 29.0. The van der Waals surface area contributed by atoms with Gasteiger partial charge in [-0.1, -0.05) is 0 Å². The zero-order valence-corrected chi connectivity index (χ0v) is 15.9. The number of hydrogen-bond acceptors (Lipinski definition) is 7. The van der Waals surface area contributed by atoms with Crippen molar-refractivity contribution < 1.29 is 14.0 Å². The lowest BCUT2D eigenvalue weighted by atomic mass is 9.97.